The van der Waals surface area contributed by atoms with Crippen molar-refractivity contribution in [3.63, 3.8) is 0 Å². The van der Waals surface area contributed by atoms with Crippen LogP contribution < -0.4 is 16.7 Å². The molecule has 0 radical (unpaired) electrons. The van der Waals surface area contributed by atoms with Crippen LogP contribution in [0.3, 0.4) is 0 Å². The minimum atomic E-state index is -0.578. The molecule has 0 unspecified atom stereocenters. The first-order valence-corrected chi connectivity index (χ1v) is 8.45. The van der Waals surface area contributed by atoms with E-state index in [1.54, 1.807) is 0 Å². The smallest absolute Gasteiger partial charge is 0.307 e. The number of halogens is 1. The van der Waals surface area contributed by atoms with Gasteiger partial charge in [-0.05, 0) is 6.07 Å². The number of aromatic nitrogens is 4. The van der Waals surface area contributed by atoms with Gasteiger partial charge in [0, 0.05) is 36.8 Å². The van der Waals surface area contributed by atoms with Gasteiger partial charge in [-0.15, -0.1) is 0 Å². The molecule has 0 saturated heterocycles. The number of carbonyl (C=O) groups excluding carboxylic acids is 1. The minimum Gasteiger partial charge on any atom is -0.307 e. The van der Waals surface area contributed by atoms with Crippen LogP contribution in [0.1, 0.15) is 5.56 Å². The third-order valence-corrected chi connectivity index (χ3v) is 4.45. The van der Waals surface area contributed by atoms with Gasteiger partial charge in [0.1, 0.15) is 12.2 Å². The van der Waals surface area contributed by atoms with Crippen LogP contribution in [0, 0.1) is 10.1 Å². The summed E-state index contributed by atoms with van der Waals surface area (Å²) in [5.74, 6) is -0.574. The van der Waals surface area contributed by atoms with Gasteiger partial charge in [-0.1, -0.05) is 11.6 Å². The fraction of sp³-hybridized carbons (Fsp3) is 0.188. The Labute approximate surface area is 166 Å². The fourth-order valence-electron chi connectivity index (χ4n) is 2.66. The maximum absolute atomic E-state index is 12.2. The van der Waals surface area contributed by atoms with Crippen molar-refractivity contribution >= 4 is 40.6 Å². The van der Waals surface area contributed by atoms with Crippen molar-refractivity contribution in [2.75, 3.05) is 0 Å². The lowest BCUT2D eigenvalue weighted by Gasteiger charge is -2.07. The summed E-state index contributed by atoms with van der Waals surface area (Å²) < 4.78 is 3.47. The lowest BCUT2D eigenvalue weighted by Crippen LogP contribution is -2.37. The number of non-ortho nitro benzene ring substituents is 1. The van der Waals surface area contributed by atoms with Crippen LogP contribution in [0.25, 0.3) is 11.2 Å². The van der Waals surface area contributed by atoms with E-state index in [1.165, 1.54) is 54.0 Å². The van der Waals surface area contributed by atoms with Crippen molar-refractivity contribution in [2.24, 2.45) is 19.2 Å². The summed E-state index contributed by atoms with van der Waals surface area (Å²) in [6.07, 6.45) is 2.44. The Hall–Kier alpha value is -3.80. The van der Waals surface area contributed by atoms with E-state index in [0.717, 1.165) is 4.57 Å². The van der Waals surface area contributed by atoms with Crippen LogP contribution >= 0.6 is 11.6 Å². The predicted octanol–water partition coefficient (Wildman–Crippen LogP) is 0.146. The second kappa shape index (κ2) is 7.67. The van der Waals surface area contributed by atoms with Crippen LogP contribution in [0.2, 0.25) is 5.02 Å². The first-order chi connectivity index (χ1) is 13.7. The number of hydrogen-bond donors (Lipinski definition) is 1. The molecular formula is C16H14ClN7O5. The van der Waals surface area contributed by atoms with E-state index in [2.05, 4.69) is 15.5 Å². The number of nitro groups is 1. The number of carbonyl (C=O) groups is 1. The highest BCUT2D eigenvalue weighted by Gasteiger charge is 2.15. The Morgan fingerprint density at radius 3 is 2.76 bits per heavy atom. The molecular weight excluding hydrogens is 406 g/mol. The number of hydrogen-bond acceptors (Lipinski definition) is 7. The van der Waals surface area contributed by atoms with Gasteiger partial charge in [-0.3, -0.25) is 28.8 Å². The second-order valence-corrected chi connectivity index (χ2v) is 6.41. The van der Waals surface area contributed by atoms with E-state index in [9.17, 15) is 24.5 Å². The summed E-state index contributed by atoms with van der Waals surface area (Å²) in [6, 6.07) is 3.81. The van der Waals surface area contributed by atoms with Crippen LogP contribution in [-0.4, -0.2) is 35.7 Å². The Morgan fingerprint density at radius 1 is 1.34 bits per heavy atom. The maximum atomic E-state index is 12.2. The molecule has 1 aromatic carbocycles. The van der Waals surface area contributed by atoms with E-state index in [4.69, 9.17) is 11.6 Å². The zero-order chi connectivity index (χ0) is 21.3. The van der Waals surface area contributed by atoms with E-state index < -0.39 is 22.1 Å². The molecule has 0 bridgehead atoms. The quantitative estimate of drug-likeness (QED) is 0.353. The number of fused-ring (bicyclic) bond motifs is 1. The van der Waals surface area contributed by atoms with Crippen LogP contribution in [0.4, 0.5) is 5.69 Å². The molecule has 1 N–H and O–H groups in total. The molecule has 0 aliphatic rings. The summed E-state index contributed by atoms with van der Waals surface area (Å²) in [5, 5.41) is 14.8. The molecule has 2 heterocycles. The van der Waals surface area contributed by atoms with Gasteiger partial charge < -0.3 is 4.57 Å². The van der Waals surface area contributed by atoms with Gasteiger partial charge in [-0.2, -0.15) is 5.10 Å². The molecule has 29 heavy (non-hydrogen) atoms. The summed E-state index contributed by atoms with van der Waals surface area (Å²) in [7, 11) is 2.80. The summed E-state index contributed by atoms with van der Waals surface area (Å²) in [4.78, 5) is 50.6. The average Bonchev–Trinajstić information content (AvgIpc) is 3.09. The summed E-state index contributed by atoms with van der Waals surface area (Å²) >= 11 is 5.95. The first kappa shape index (κ1) is 19.9. The topological polar surface area (TPSA) is 146 Å². The van der Waals surface area contributed by atoms with E-state index in [1.807, 2.05) is 0 Å². The molecule has 13 heteroatoms. The van der Waals surface area contributed by atoms with Crippen molar-refractivity contribution in [3.05, 3.63) is 66.1 Å². The molecule has 0 aliphatic heterocycles. The minimum absolute atomic E-state index is 0.0503. The van der Waals surface area contributed by atoms with E-state index >= 15 is 0 Å². The van der Waals surface area contributed by atoms with Crippen molar-refractivity contribution in [1.82, 2.24) is 24.1 Å². The molecule has 0 aliphatic carbocycles. The zero-order valence-corrected chi connectivity index (χ0v) is 16.0. The summed E-state index contributed by atoms with van der Waals surface area (Å²) in [6.45, 7) is -0.267. The molecule has 2 aromatic heterocycles. The number of hydrazone groups is 1. The second-order valence-electron chi connectivity index (χ2n) is 6.01. The number of rotatable bonds is 5. The van der Waals surface area contributed by atoms with Gasteiger partial charge in [-0.25, -0.2) is 15.2 Å². The van der Waals surface area contributed by atoms with Crippen molar-refractivity contribution in [3.8, 4) is 0 Å². The molecule has 0 fully saturated rings. The van der Waals surface area contributed by atoms with Gasteiger partial charge in [0.2, 0.25) is 0 Å². The van der Waals surface area contributed by atoms with Gasteiger partial charge in [0.15, 0.2) is 5.52 Å². The van der Waals surface area contributed by atoms with Crippen LogP contribution in [0.15, 0.2) is 39.2 Å². The van der Waals surface area contributed by atoms with Crippen LogP contribution in [0.5, 0.6) is 0 Å². The van der Waals surface area contributed by atoms with Gasteiger partial charge in [0.05, 0.1) is 17.5 Å². The predicted molar refractivity (Wildman–Crippen MR) is 104 cm³/mol. The third kappa shape index (κ3) is 3.78. The molecule has 3 aromatic rings. The monoisotopic (exact) mass is 419 g/mol. The highest BCUT2D eigenvalue weighted by Crippen LogP contribution is 2.20. The summed E-state index contributed by atoms with van der Waals surface area (Å²) in [5.41, 5.74) is 1.45. The average molecular weight is 420 g/mol. The normalized spacial score (nSPS) is 11.3. The lowest BCUT2D eigenvalue weighted by atomic mass is 10.2. The van der Waals surface area contributed by atoms with Crippen molar-refractivity contribution in [1.29, 1.82) is 0 Å². The Morgan fingerprint density at radius 2 is 2.07 bits per heavy atom. The number of amides is 1. The molecule has 0 atom stereocenters. The number of nitro benzene ring substituents is 1. The maximum Gasteiger partial charge on any atom is 0.332 e. The van der Waals surface area contributed by atoms with Gasteiger partial charge >= 0.3 is 5.69 Å². The zero-order valence-electron chi connectivity index (χ0n) is 15.2. The van der Waals surface area contributed by atoms with Crippen molar-refractivity contribution < 1.29 is 9.72 Å². The van der Waals surface area contributed by atoms with E-state index in [-0.39, 0.29) is 34.0 Å². The van der Waals surface area contributed by atoms with Crippen LogP contribution in [-0.2, 0) is 25.4 Å². The number of nitrogens with zero attached hydrogens (tertiary/aromatic N) is 6. The highest BCUT2D eigenvalue weighted by molar-refractivity contribution is 6.33. The number of nitrogens with one attached hydrogen (secondary N) is 1. The van der Waals surface area contributed by atoms with Gasteiger partial charge in [0.25, 0.3) is 17.2 Å². The lowest BCUT2D eigenvalue weighted by molar-refractivity contribution is -0.384. The Bertz CT molecular complexity index is 1290. The molecule has 0 spiro atoms. The molecule has 150 valence electrons. The molecule has 12 nitrogen and oxygen atoms in total. The SMILES string of the molecule is Cn1c(=O)c2ncn(CC(=O)N/N=C/c3cc([N+](=O)[O-])ccc3Cl)c2n(C)c1=O. The van der Waals surface area contributed by atoms with E-state index in [0.29, 0.717) is 0 Å². The number of imidazole rings is 1. The molecule has 0 saturated carbocycles. The largest absolute Gasteiger partial charge is 0.332 e. The fourth-order valence-corrected chi connectivity index (χ4v) is 2.83. The number of benzene rings is 1. The molecule has 3 rings (SSSR count). The third-order valence-electron chi connectivity index (χ3n) is 4.11. The Kier molecular flexibility index (Phi) is 5.28. The molecule has 1 amide bonds. The highest BCUT2D eigenvalue weighted by atomic mass is 35.5. The van der Waals surface area contributed by atoms with Crippen molar-refractivity contribution in [2.45, 2.75) is 6.54 Å². The first-order valence-electron chi connectivity index (χ1n) is 8.07. The number of aryl methyl sites for hydroxylation is 1. The standard InChI is InChI=1S/C16H14ClN7O5/c1-21-14-13(15(26)22(2)16(21)27)18-8-23(14)7-12(25)20-19-6-9-5-10(24(28)29)3-4-11(9)17/h3-6,8H,7H2,1-2H3,(H,20,25)/b19-6+. The Balaban J connectivity index is 1.80.